The zero-order valence-electron chi connectivity index (χ0n) is 19.6. The summed E-state index contributed by atoms with van der Waals surface area (Å²) < 4.78 is 40.7. The molecule has 178 valence electrons. The number of hydrogen-bond donors (Lipinski definition) is 2. The van der Waals surface area contributed by atoms with Crippen LogP contribution >= 0.6 is 0 Å². The first-order chi connectivity index (χ1) is 16.4. The SMILES string of the molecule is CCc1cc(F)cc(F)c1CNc1cc2c(ncn2C)c(NCc2ccc(OC)cc2OC)n1. The molecule has 0 fully saturated rings. The van der Waals surface area contributed by atoms with Crippen LogP contribution in [0.3, 0.4) is 0 Å². The monoisotopic (exact) mass is 467 g/mol. The van der Waals surface area contributed by atoms with Crippen LogP contribution < -0.4 is 20.1 Å². The minimum absolute atomic E-state index is 0.178. The predicted molar refractivity (Wildman–Crippen MR) is 128 cm³/mol. The molecule has 0 spiro atoms. The second-order valence-corrected chi connectivity index (χ2v) is 7.84. The van der Waals surface area contributed by atoms with Gasteiger partial charge in [-0.05, 0) is 30.2 Å². The quantitative estimate of drug-likeness (QED) is 0.359. The largest absolute Gasteiger partial charge is 0.497 e. The van der Waals surface area contributed by atoms with Gasteiger partial charge in [0.05, 0.1) is 26.1 Å². The molecule has 34 heavy (non-hydrogen) atoms. The first-order valence-corrected chi connectivity index (χ1v) is 10.9. The summed E-state index contributed by atoms with van der Waals surface area (Å²) >= 11 is 0. The van der Waals surface area contributed by atoms with Crippen molar-refractivity contribution in [3.05, 3.63) is 71.1 Å². The highest BCUT2D eigenvalue weighted by Crippen LogP contribution is 2.28. The van der Waals surface area contributed by atoms with E-state index in [1.54, 1.807) is 20.5 Å². The van der Waals surface area contributed by atoms with Crippen LogP contribution in [0.4, 0.5) is 20.4 Å². The number of methoxy groups -OCH3 is 2. The molecule has 2 aromatic heterocycles. The van der Waals surface area contributed by atoms with Gasteiger partial charge >= 0.3 is 0 Å². The fourth-order valence-electron chi connectivity index (χ4n) is 3.87. The number of rotatable bonds is 9. The molecule has 7 nitrogen and oxygen atoms in total. The zero-order valence-corrected chi connectivity index (χ0v) is 19.6. The molecule has 4 rings (SSSR count). The smallest absolute Gasteiger partial charge is 0.156 e. The van der Waals surface area contributed by atoms with Crippen molar-refractivity contribution < 1.29 is 18.3 Å². The molecule has 4 aromatic rings. The Labute approximate surface area is 196 Å². The summed E-state index contributed by atoms with van der Waals surface area (Å²) in [5, 5.41) is 6.52. The lowest BCUT2D eigenvalue weighted by Gasteiger charge is -2.14. The van der Waals surface area contributed by atoms with Crippen LogP contribution in [0.5, 0.6) is 11.5 Å². The van der Waals surface area contributed by atoms with E-state index in [9.17, 15) is 8.78 Å². The highest BCUT2D eigenvalue weighted by Gasteiger charge is 2.14. The van der Waals surface area contributed by atoms with E-state index in [4.69, 9.17) is 9.47 Å². The van der Waals surface area contributed by atoms with E-state index in [-0.39, 0.29) is 6.54 Å². The number of benzene rings is 2. The molecule has 0 aliphatic heterocycles. The van der Waals surface area contributed by atoms with Gasteiger partial charge in [-0.15, -0.1) is 0 Å². The summed E-state index contributed by atoms with van der Waals surface area (Å²) in [4.78, 5) is 9.14. The second-order valence-electron chi connectivity index (χ2n) is 7.84. The maximum absolute atomic E-state index is 14.4. The molecule has 0 unspecified atom stereocenters. The summed E-state index contributed by atoms with van der Waals surface area (Å²) in [6.45, 7) is 2.49. The average molecular weight is 468 g/mol. The lowest BCUT2D eigenvalue weighted by molar-refractivity contribution is 0.391. The number of fused-ring (bicyclic) bond motifs is 1. The van der Waals surface area contributed by atoms with Crippen molar-refractivity contribution in [2.45, 2.75) is 26.4 Å². The Balaban J connectivity index is 1.61. The zero-order chi connectivity index (χ0) is 24.2. The van der Waals surface area contributed by atoms with Gasteiger partial charge in [0.15, 0.2) is 5.82 Å². The number of imidazole rings is 1. The second kappa shape index (κ2) is 9.94. The van der Waals surface area contributed by atoms with Crippen molar-refractivity contribution in [2.75, 3.05) is 24.9 Å². The van der Waals surface area contributed by atoms with Crippen LogP contribution in [-0.2, 0) is 26.6 Å². The topological polar surface area (TPSA) is 73.2 Å². The Hall–Kier alpha value is -3.88. The maximum Gasteiger partial charge on any atom is 0.156 e. The number of pyridine rings is 1. The van der Waals surface area contributed by atoms with Crippen LogP contribution in [0.1, 0.15) is 23.6 Å². The fraction of sp³-hybridized carbons (Fsp3) is 0.280. The molecule has 0 atom stereocenters. The fourth-order valence-corrected chi connectivity index (χ4v) is 3.87. The minimum Gasteiger partial charge on any atom is -0.497 e. The molecule has 2 aromatic carbocycles. The van der Waals surface area contributed by atoms with Crippen molar-refractivity contribution in [1.82, 2.24) is 14.5 Å². The van der Waals surface area contributed by atoms with Gasteiger partial charge in [0.1, 0.15) is 34.5 Å². The Morgan fingerprint density at radius 3 is 2.53 bits per heavy atom. The van der Waals surface area contributed by atoms with E-state index in [2.05, 4.69) is 20.6 Å². The maximum atomic E-state index is 14.4. The van der Waals surface area contributed by atoms with E-state index in [1.807, 2.05) is 42.8 Å². The Morgan fingerprint density at radius 2 is 1.79 bits per heavy atom. The van der Waals surface area contributed by atoms with E-state index in [0.29, 0.717) is 52.7 Å². The molecule has 0 saturated carbocycles. The first kappa shape index (κ1) is 23.3. The number of hydrogen-bond acceptors (Lipinski definition) is 6. The van der Waals surface area contributed by atoms with Gasteiger partial charge in [0, 0.05) is 49.5 Å². The normalized spacial score (nSPS) is 11.0. The van der Waals surface area contributed by atoms with E-state index < -0.39 is 11.6 Å². The van der Waals surface area contributed by atoms with Crippen molar-refractivity contribution in [2.24, 2.45) is 7.05 Å². The average Bonchev–Trinajstić information content (AvgIpc) is 3.22. The summed E-state index contributed by atoms with van der Waals surface area (Å²) in [5.41, 5.74) is 3.54. The van der Waals surface area contributed by atoms with Crippen LogP contribution in [-0.4, -0.2) is 28.8 Å². The number of nitrogens with one attached hydrogen (secondary N) is 2. The minimum atomic E-state index is -0.576. The van der Waals surface area contributed by atoms with Crippen LogP contribution in [0, 0.1) is 11.6 Å². The first-order valence-electron chi connectivity index (χ1n) is 10.9. The van der Waals surface area contributed by atoms with Crippen LogP contribution in [0.25, 0.3) is 11.0 Å². The molecule has 2 N–H and O–H groups in total. The van der Waals surface area contributed by atoms with Gasteiger partial charge in [-0.1, -0.05) is 6.92 Å². The number of aromatic nitrogens is 3. The standard InChI is InChI=1S/C25H27F2N5O2/c1-5-15-8-17(26)9-20(27)19(15)13-28-23-11-21-24(30-14-32(21)2)25(31-23)29-12-16-6-7-18(33-3)10-22(16)34-4/h6-11,14H,5,12-13H2,1-4H3,(H2,28,29,31). The predicted octanol–water partition coefficient (Wildman–Crippen LogP) is 5.05. The summed E-state index contributed by atoms with van der Waals surface area (Å²) in [5.74, 6) is 1.37. The van der Waals surface area contributed by atoms with E-state index in [0.717, 1.165) is 17.1 Å². The molecular weight excluding hydrogens is 440 g/mol. The van der Waals surface area contributed by atoms with Crippen molar-refractivity contribution in [3.63, 3.8) is 0 Å². The molecule has 9 heteroatoms. The van der Waals surface area contributed by atoms with E-state index in [1.165, 1.54) is 6.07 Å². The van der Waals surface area contributed by atoms with Crippen LogP contribution in [0.15, 0.2) is 42.7 Å². The third kappa shape index (κ3) is 4.73. The molecule has 0 amide bonds. The van der Waals surface area contributed by atoms with Gasteiger partial charge in [0.25, 0.3) is 0 Å². The van der Waals surface area contributed by atoms with Gasteiger partial charge in [0.2, 0.25) is 0 Å². The Kier molecular flexibility index (Phi) is 6.81. The van der Waals surface area contributed by atoms with Gasteiger partial charge in [-0.3, -0.25) is 0 Å². The van der Waals surface area contributed by atoms with Crippen molar-refractivity contribution >= 4 is 22.7 Å². The molecule has 2 heterocycles. The summed E-state index contributed by atoms with van der Waals surface area (Å²) in [6.07, 6.45) is 2.24. The lowest BCUT2D eigenvalue weighted by Crippen LogP contribution is -2.09. The third-order valence-corrected chi connectivity index (χ3v) is 5.73. The Bertz CT molecular complexity index is 1320. The number of nitrogens with zero attached hydrogens (tertiary/aromatic N) is 3. The van der Waals surface area contributed by atoms with E-state index >= 15 is 0 Å². The van der Waals surface area contributed by atoms with Gasteiger partial charge in [-0.25, -0.2) is 18.7 Å². The highest BCUT2D eigenvalue weighted by atomic mass is 19.1. The third-order valence-electron chi connectivity index (χ3n) is 5.73. The Morgan fingerprint density at radius 1 is 0.971 bits per heavy atom. The number of anilines is 2. The molecular formula is C25H27F2N5O2. The van der Waals surface area contributed by atoms with Crippen molar-refractivity contribution in [3.8, 4) is 11.5 Å². The summed E-state index contributed by atoms with van der Waals surface area (Å²) in [6, 6.07) is 9.74. The number of ether oxygens (including phenoxy) is 2. The van der Waals surface area contributed by atoms with Crippen molar-refractivity contribution in [1.29, 1.82) is 0 Å². The molecule has 0 aliphatic carbocycles. The number of aryl methyl sites for hydroxylation is 2. The highest BCUT2D eigenvalue weighted by molar-refractivity contribution is 5.88. The molecule has 0 aliphatic rings. The molecule has 0 bridgehead atoms. The van der Waals surface area contributed by atoms with Gasteiger partial charge < -0.3 is 24.7 Å². The molecule has 0 radical (unpaired) electrons. The molecule has 0 saturated heterocycles. The van der Waals surface area contributed by atoms with Crippen LogP contribution in [0.2, 0.25) is 0 Å². The summed E-state index contributed by atoms with van der Waals surface area (Å²) in [7, 11) is 5.11. The van der Waals surface area contributed by atoms with Gasteiger partial charge in [-0.2, -0.15) is 0 Å². The lowest BCUT2D eigenvalue weighted by atomic mass is 10.0. The number of halogens is 2.